The first-order chi connectivity index (χ1) is 16.6. The maximum Gasteiger partial charge on any atom is 0.255 e. The molecule has 0 bridgehead atoms. The molecule has 10 heteroatoms. The van der Waals surface area contributed by atoms with Gasteiger partial charge in [0, 0.05) is 37.4 Å². The van der Waals surface area contributed by atoms with E-state index in [4.69, 9.17) is 0 Å². The van der Waals surface area contributed by atoms with E-state index in [9.17, 15) is 21.6 Å². The van der Waals surface area contributed by atoms with E-state index in [1.165, 1.54) is 26.8 Å². The first kappa shape index (κ1) is 25.8. The highest BCUT2D eigenvalue weighted by Gasteiger charge is 2.29. The van der Waals surface area contributed by atoms with E-state index in [0.29, 0.717) is 43.3 Å². The summed E-state index contributed by atoms with van der Waals surface area (Å²) in [4.78, 5) is 13.3. The van der Waals surface area contributed by atoms with Crippen molar-refractivity contribution in [2.24, 2.45) is 5.92 Å². The van der Waals surface area contributed by atoms with Gasteiger partial charge in [-0.1, -0.05) is 19.4 Å². The SMILES string of the molecule is Cc1ccc(S(=O)(=O)N2CCC(C)CC2)cc1C(=O)Nc1ccc(S(=O)(=O)N2CCCCC2)cc1. The average Bonchev–Trinajstić information content (AvgIpc) is 2.85. The maximum atomic E-state index is 13.1. The van der Waals surface area contributed by atoms with Crippen LogP contribution in [0.1, 0.15) is 54.9 Å². The Bertz CT molecular complexity index is 1280. The largest absolute Gasteiger partial charge is 0.322 e. The van der Waals surface area contributed by atoms with Crippen molar-refractivity contribution in [2.45, 2.75) is 55.7 Å². The summed E-state index contributed by atoms with van der Waals surface area (Å²) in [6.45, 7) is 5.87. The van der Waals surface area contributed by atoms with Crippen LogP contribution in [-0.4, -0.2) is 57.5 Å². The van der Waals surface area contributed by atoms with Crippen LogP contribution in [0, 0.1) is 12.8 Å². The number of benzene rings is 2. The van der Waals surface area contributed by atoms with Crippen molar-refractivity contribution in [3.05, 3.63) is 53.6 Å². The fourth-order valence-electron chi connectivity index (χ4n) is 4.54. The quantitative estimate of drug-likeness (QED) is 0.625. The molecule has 2 aliphatic heterocycles. The summed E-state index contributed by atoms with van der Waals surface area (Å²) >= 11 is 0. The normalized spacial score (nSPS) is 18.9. The van der Waals surface area contributed by atoms with Crippen LogP contribution in [0.3, 0.4) is 0 Å². The van der Waals surface area contributed by atoms with Gasteiger partial charge in [-0.2, -0.15) is 8.61 Å². The minimum atomic E-state index is -3.68. The number of nitrogens with one attached hydrogen (secondary N) is 1. The van der Waals surface area contributed by atoms with Crippen LogP contribution in [0.25, 0.3) is 0 Å². The highest BCUT2D eigenvalue weighted by atomic mass is 32.2. The third kappa shape index (κ3) is 5.61. The fourth-order valence-corrected chi connectivity index (χ4v) is 7.56. The van der Waals surface area contributed by atoms with Crippen molar-refractivity contribution in [2.75, 3.05) is 31.5 Å². The molecule has 1 amide bonds. The van der Waals surface area contributed by atoms with E-state index < -0.39 is 26.0 Å². The number of carbonyl (C=O) groups is 1. The van der Waals surface area contributed by atoms with Gasteiger partial charge in [0.1, 0.15) is 0 Å². The Labute approximate surface area is 208 Å². The third-order valence-electron chi connectivity index (χ3n) is 6.90. The van der Waals surface area contributed by atoms with Crippen LogP contribution in [0.5, 0.6) is 0 Å². The Morgan fingerprint density at radius 1 is 0.800 bits per heavy atom. The minimum Gasteiger partial charge on any atom is -0.322 e. The molecule has 2 aliphatic rings. The zero-order valence-electron chi connectivity index (χ0n) is 20.2. The molecule has 0 saturated carbocycles. The third-order valence-corrected chi connectivity index (χ3v) is 10.7. The standard InChI is InChI=1S/C25H33N3O5S2/c1-19-12-16-28(17-13-19)35(32,33)23-9-6-20(2)24(18-23)25(29)26-21-7-10-22(11-8-21)34(30,31)27-14-4-3-5-15-27/h6-11,18-19H,3-5,12-17H2,1-2H3,(H,26,29). The minimum absolute atomic E-state index is 0.103. The van der Waals surface area contributed by atoms with Crippen LogP contribution in [0.4, 0.5) is 5.69 Å². The number of aryl methyl sites for hydroxylation is 1. The molecule has 0 aromatic heterocycles. The monoisotopic (exact) mass is 519 g/mol. The Balaban J connectivity index is 1.50. The van der Waals surface area contributed by atoms with Crippen molar-refractivity contribution in [1.82, 2.24) is 8.61 Å². The predicted octanol–water partition coefficient (Wildman–Crippen LogP) is 3.84. The number of sulfonamides is 2. The molecule has 8 nitrogen and oxygen atoms in total. The topological polar surface area (TPSA) is 104 Å². The molecule has 35 heavy (non-hydrogen) atoms. The van der Waals surface area contributed by atoms with Crippen LogP contribution < -0.4 is 5.32 Å². The number of hydrogen-bond donors (Lipinski definition) is 1. The van der Waals surface area contributed by atoms with E-state index in [0.717, 1.165) is 32.1 Å². The number of hydrogen-bond acceptors (Lipinski definition) is 5. The van der Waals surface area contributed by atoms with Gasteiger partial charge in [0.15, 0.2) is 0 Å². The number of anilines is 1. The molecule has 2 saturated heterocycles. The molecule has 0 unspecified atom stereocenters. The lowest BCUT2D eigenvalue weighted by Gasteiger charge is -2.29. The zero-order valence-corrected chi connectivity index (χ0v) is 21.9. The van der Waals surface area contributed by atoms with Crippen LogP contribution in [0.15, 0.2) is 52.3 Å². The number of piperidine rings is 2. The fraction of sp³-hybridized carbons (Fsp3) is 0.480. The Morgan fingerprint density at radius 3 is 1.97 bits per heavy atom. The van der Waals surface area contributed by atoms with Gasteiger partial charge in [0.05, 0.1) is 9.79 Å². The Kier molecular flexibility index (Phi) is 7.65. The summed E-state index contributed by atoms with van der Waals surface area (Å²) in [6, 6.07) is 10.7. The second-order valence-corrected chi connectivity index (χ2v) is 13.4. The lowest BCUT2D eigenvalue weighted by Crippen LogP contribution is -2.38. The molecule has 4 rings (SSSR count). The molecule has 0 radical (unpaired) electrons. The van der Waals surface area contributed by atoms with Gasteiger partial charge >= 0.3 is 0 Å². The first-order valence-electron chi connectivity index (χ1n) is 12.1. The van der Waals surface area contributed by atoms with Crippen molar-refractivity contribution >= 4 is 31.6 Å². The highest BCUT2D eigenvalue weighted by molar-refractivity contribution is 7.89. The molecule has 2 heterocycles. The first-order valence-corrected chi connectivity index (χ1v) is 15.0. The lowest BCUT2D eigenvalue weighted by molar-refractivity contribution is 0.102. The summed E-state index contributed by atoms with van der Waals surface area (Å²) in [7, 11) is -7.24. The molecule has 1 N–H and O–H groups in total. The van der Waals surface area contributed by atoms with Gasteiger partial charge in [0.2, 0.25) is 20.0 Å². The van der Waals surface area contributed by atoms with Crippen LogP contribution in [0.2, 0.25) is 0 Å². The average molecular weight is 520 g/mol. The van der Waals surface area contributed by atoms with Crippen molar-refractivity contribution < 1.29 is 21.6 Å². The second-order valence-electron chi connectivity index (χ2n) is 9.51. The summed E-state index contributed by atoms with van der Waals surface area (Å²) < 4.78 is 54.9. The molecular weight excluding hydrogens is 486 g/mol. The molecule has 0 spiro atoms. The van der Waals surface area contributed by atoms with E-state index in [-0.39, 0.29) is 15.4 Å². The number of rotatable bonds is 6. The van der Waals surface area contributed by atoms with Crippen molar-refractivity contribution in [1.29, 1.82) is 0 Å². The van der Waals surface area contributed by atoms with Crippen molar-refractivity contribution in [3.8, 4) is 0 Å². The summed E-state index contributed by atoms with van der Waals surface area (Å²) in [5.74, 6) is 0.0560. The van der Waals surface area contributed by atoms with E-state index in [2.05, 4.69) is 12.2 Å². The van der Waals surface area contributed by atoms with Gasteiger partial charge in [0.25, 0.3) is 5.91 Å². The smallest absolute Gasteiger partial charge is 0.255 e. The second kappa shape index (κ2) is 10.4. The van der Waals surface area contributed by atoms with Gasteiger partial charge in [-0.3, -0.25) is 4.79 Å². The van der Waals surface area contributed by atoms with Crippen LogP contribution >= 0.6 is 0 Å². The molecule has 2 aromatic carbocycles. The van der Waals surface area contributed by atoms with Crippen LogP contribution in [-0.2, 0) is 20.0 Å². The van der Waals surface area contributed by atoms with Gasteiger partial charge in [-0.15, -0.1) is 0 Å². The summed E-state index contributed by atoms with van der Waals surface area (Å²) in [5, 5.41) is 2.77. The zero-order chi connectivity index (χ0) is 25.2. The number of amides is 1. The van der Waals surface area contributed by atoms with Gasteiger partial charge in [-0.25, -0.2) is 16.8 Å². The molecule has 190 valence electrons. The maximum absolute atomic E-state index is 13.1. The summed E-state index contributed by atoms with van der Waals surface area (Å²) in [5.41, 5.74) is 1.35. The molecule has 2 aromatic rings. The van der Waals surface area contributed by atoms with Gasteiger partial charge in [-0.05, 0) is 80.5 Å². The van der Waals surface area contributed by atoms with E-state index in [1.54, 1.807) is 31.2 Å². The molecular formula is C25H33N3O5S2. The van der Waals surface area contributed by atoms with E-state index >= 15 is 0 Å². The van der Waals surface area contributed by atoms with Gasteiger partial charge < -0.3 is 5.32 Å². The molecule has 0 aliphatic carbocycles. The van der Waals surface area contributed by atoms with E-state index in [1.807, 2.05) is 0 Å². The predicted molar refractivity (Wildman–Crippen MR) is 135 cm³/mol. The number of nitrogens with zero attached hydrogens (tertiary/aromatic N) is 2. The molecule has 2 fully saturated rings. The van der Waals surface area contributed by atoms with Crippen molar-refractivity contribution in [3.63, 3.8) is 0 Å². The lowest BCUT2D eigenvalue weighted by atomic mass is 10.0. The summed E-state index contributed by atoms with van der Waals surface area (Å²) in [6.07, 6.45) is 4.40. The Hall–Kier alpha value is -2.27. The highest BCUT2D eigenvalue weighted by Crippen LogP contribution is 2.26. The molecule has 0 atom stereocenters. The number of carbonyl (C=O) groups excluding carboxylic acids is 1. The Morgan fingerprint density at radius 2 is 1.34 bits per heavy atom.